The zero-order valence-electron chi connectivity index (χ0n) is 9.07. The molecule has 0 spiro atoms. The zero-order chi connectivity index (χ0) is 12.8. The number of rotatable bonds is 4. The van der Waals surface area contributed by atoms with Crippen LogP contribution in [0.3, 0.4) is 0 Å². The summed E-state index contributed by atoms with van der Waals surface area (Å²) in [4.78, 5) is 34.2. The summed E-state index contributed by atoms with van der Waals surface area (Å²) in [5, 5.41) is 4.66. The second-order valence-electron chi connectivity index (χ2n) is 3.05. The molecule has 18 heavy (non-hydrogen) atoms. The van der Waals surface area contributed by atoms with Crippen LogP contribution < -0.4 is 5.32 Å². The van der Waals surface area contributed by atoms with E-state index in [9.17, 15) is 9.59 Å². The Kier molecular flexibility index (Phi) is 3.92. The molecule has 0 atom stereocenters. The number of aromatic nitrogens is 3. The maximum atomic E-state index is 11.4. The normalized spacial score (nSPS) is 9.78. The lowest BCUT2D eigenvalue weighted by Crippen LogP contribution is -2.21. The average Bonchev–Trinajstić information content (AvgIpc) is 2.90. The lowest BCUT2D eigenvalue weighted by Gasteiger charge is -2.03. The van der Waals surface area contributed by atoms with Crippen molar-refractivity contribution in [2.24, 2.45) is 0 Å². The maximum Gasteiger partial charge on any atom is 0.359 e. The summed E-state index contributed by atoms with van der Waals surface area (Å²) < 4.78 is 4.76. The van der Waals surface area contributed by atoms with Gasteiger partial charge in [0.2, 0.25) is 0 Å². The molecule has 0 aliphatic carbocycles. The molecular formula is C10H8N4O3S. The van der Waals surface area contributed by atoms with E-state index >= 15 is 0 Å². The monoisotopic (exact) mass is 264 g/mol. The molecule has 2 aromatic heterocycles. The maximum absolute atomic E-state index is 11.4. The van der Waals surface area contributed by atoms with Gasteiger partial charge in [-0.25, -0.2) is 14.8 Å². The Morgan fingerprint density at radius 3 is 2.83 bits per heavy atom. The topological polar surface area (TPSA) is 94.1 Å². The summed E-state index contributed by atoms with van der Waals surface area (Å²) in [5.41, 5.74) is 0.0551. The summed E-state index contributed by atoms with van der Waals surface area (Å²) in [6, 6.07) is 0. The molecule has 0 aliphatic rings. The zero-order valence-corrected chi connectivity index (χ0v) is 9.88. The van der Waals surface area contributed by atoms with Crippen molar-refractivity contribution < 1.29 is 14.3 Å². The quantitative estimate of drug-likeness (QED) is 0.818. The SMILES string of the molecule is O=C(COC(=O)c1cnccn1)Nc1nccs1. The van der Waals surface area contributed by atoms with Gasteiger partial charge in [0, 0.05) is 24.0 Å². The molecule has 0 fully saturated rings. The van der Waals surface area contributed by atoms with Crippen LogP contribution in [0.4, 0.5) is 5.13 Å². The van der Waals surface area contributed by atoms with Crippen molar-refractivity contribution in [3.63, 3.8) is 0 Å². The van der Waals surface area contributed by atoms with Crippen molar-refractivity contribution in [2.75, 3.05) is 11.9 Å². The van der Waals surface area contributed by atoms with Crippen LogP contribution >= 0.6 is 11.3 Å². The van der Waals surface area contributed by atoms with E-state index in [1.54, 1.807) is 11.6 Å². The van der Waals surface area contributed by atoms with Gasteiger partial charge in [0.05, 0.1) is 6.20 Å². The van der Waals surface area contributed by atoms with Crippen LogP contribution in [0.1, 0.15) is 10.5 Å². The minimum atomic E-state index is -0.697. The highest BCUT2D eigenvalue weighted by Gasteiger charge is 2.11. The van der Waals surface area contributed by atoms with Crippen molar-refractivity contribution in [3.05, 3.63) is 35.9 Å². The molecule has 0 bridgehead atoms. The van der Waals surface area contributed by atoms with Gasteiger partial charge in [-0.1, -0.05) is 0 Å². The Morgan fingerprint density at radius 2 is 2.17 bits per heavy atom. The summed E-state index contributed by atoms with van der Waals surface area (Å²) in [6.07, 6.45) is 5.63. The van der Waals surface area contributed by atoms with Gasteiger partial charge < -0.3 is 4.74 Å². The molecule has 1 amide bonds. The number of amides is 1. The lowest BCUT2D eigenvalue weighted by molar-refractivity contribution is -0.119. The Balaban J connectivity index is 1.81. The highest BCUT2D eigenvalue weighted by molar-refractivity contribution is 7.13. The van der Waals surface area contributed by atoms with Crippen molar-refractivity contribution in [1.29, 1.82) is 0 Å². The molecule has 92 valence electrons. The van der Waals surface area contributed by atoms with Crippen LogP contribution in [0.5, 0.6) is 0 Å². The largest absolute Gasteiger partial charge is 0.451 e. The number of hydrogen-bond donors (Lipinski definition) is 1. The molecule has 0 saturated heterocycles. The third kappa shape index (κ3) is 3.32. The molecule has 0 aromatic carbocycles. The molecule has 0 aliphatic heterocycles. The molecule has 0 radical (unpaired) electrons. The van der Waals surface area contributed by atoms with Gasteiger partial charge in [0.15, 0.2) is 17.4 Å². The predicted octanol–water partition coefficient (Wildman–Crippen LogP) is 0.729. The lowest BCUT2D eigenvalue weighted by atomic mass is 10.4. The average molecular weight is 264 g/mol. The van der Waals surface area contributed by atoms with Crippen molar-refractivity contribution in [2.45, 2.75) is 0 Å². The van der Waals surface area contributed by atoms with E-state index in [-0.39, 0.29) is 5.69 Å². The molecule has 2 rings (SSSR count). The first-order valence-electron chi connectivity index (χ1n) is 4.88. The van der Waals surface area contributed by atoms with E-state index in [2.05, 4.69) is 20.3 Å². The fourth-order valence-electron chi connectivity index (χ4n) is 1.05. The number of nitrogens with one attached hydrogen (secondary N) is 1. The van der Waals surface area contributed by atoms with E-state index in [4.69, 9.17) is 4.74 Å². The fourth-order valence-corrected chi connectivity index (χ4v) is 1.60. The van der Waals surface area contributed by atoms with E-state index in [1.165, 1.54) is 29.9 Å². The van der Waals surface area contributed by atoms with Gasteiger partial charge in [-0.05, 0) is 0 Å². The number of hydrogen-bond acceptors (Lipinski definition) is 7. The molecule has 2 heterocycles. The van der Waals surface area contributed by atoms with Crippen molar-refractivity contribution in [1.82, 2.24) is 15.0 Å². The van der Waals surface area contributed by atoms with Crippen LogP contribution in [0.15, 0.2) is 30.2 Å². The number of nitrogens with zero attached hydrogens (tertiary/aromatic N) is 3. The van der Waals surface area contributed by atoms with Crippen LogP contribution in [0.25, 0.3) is 0 Å². The Bertz CT molecular complexity index is 529. The fraction of sp³-hybridized carbons (Fsp3) is 0.100. The first-order valence-corrected chi connectivity index (χ1v) is 5.76. The number of carbonyl (C=O) groups excluding carboxylic acids is 2. The third-order valence-electron chi connectivity index (χ3n) is 1.79. The van der Waals surface area contributed by atoms with Crippen molar-refractivity contribution in [3.8, 4) is 0 Å². The predicted molar refractivity (Wildman–Crippen MR) is 63.1 cm³/mol. The second-order valence-corrected chi connectivity index (χ2v) is 3.95. The van der Waals surface area contributed by atoms with Gasteiger partial charge >= 0.3 is 5.97 Å². The van der Waals surface area contributed by atoms with Crippen LogP contribution in [-0.4, -0.2) is 33.4 Å². The Morgan fingerprint density at radius 1 is 1.28 bits per heavy atom. The minimum Gasteiger partial charge on any atom is -0.451 e. The molecule has 1 N–H and O–H groups in total. The highest BCUT2D eigenvalue weighted by atomic mass is 32.1. The van der Waals surface area contributed by atoms with Gasteiger partial charge in [0.25, 0.3) is 5.91 Å². The van der Waals surface area contributed by atoms with E-state index in [0.29, 0.717) is 5.13 Å². The van der Waals surface area contributed by atoms with Gasteiger partial charge in [-0.2, -0.15) is 0 Å². The molecule has 0 saturated carbocycles. The van der Waals surface area contributed by atoms with Crippen LogP contribution in [0, 0.1) is 0 Å². The van der Waals surface area contributed by atoms with Gasteiger partial charge in [-0.15, -0.1) is 11.3 Å². The first kappa shape index (κ1) is 12.1. The number of thiazole rings is 1. The van der Waals surface area contributed by atoms with E-state index in [1.807, 2.05) is 0 Å². The molecular weight excluding hydrogens is 256 g/mol. The number of ether oxygens (including phenoxy) is 1. The van der Waals surface area contributed by atoms with Crippen molar-refractivity contribution >= 4 is 28.3 Å². The summed E-state index contributed by atoms with van der Waals surface area (Å²) in [5.74, 6) is -1.15. The first-order chi connectivity index (χ1) is 8.75. The molecule has 8 heteroatoms. The number of anilines is 1. The van der Waals surface area contributed by atoms with E-state index < -0.39 is 18.5 Å². The Labute approximate surface area is 106 Å². The minimum absolute atomic E-state index is 0.0551. The molecule has 7 nitrogen and oxygen atoms in total. The van der Waals surface area contributed by atoms with Gasteiger partial charge in [0.1, 0.15) is 0 Å². The molecule has 2 aromatic rings. The summed E-state index contributed by atoms with van der Waals surface area (Å²) in [6.45, 7) is -0.394. The second kappa shape index (κ2) is 5.82. The van der Waals surface area contributed by atoms with E-state index in [0.717, 1.165) is 0 Å². The number of carbonyl (C=O) groups is 2. The Hall–Kier alpha value is -2.35. The number of esters is 1. The molecule has 0 unspecified atom stereocenters. The van der Waals surface area contributed by atoms with Gasteiger partial charge in [-0.3, -0.25) is 15.1 Å². The third-order valence-corrected chi connectivity index (χ3v) is 2.47. The smallest absolute Gasteiger partial charge is 0.359 e. The van der Waals surface area contributed by atoms with Crippen LogP contribution in [-0.2, 0) is 9.53 Å². The van der Waals surface area contributed by atoms with Crippen LogP contribution in [0.2, 0.25) is 0 Å². The highest BCUT2D eigenvalue weighted by Crippen LogP contribution is 2.09. The summed E-state index contributed by atoms with van der Waals surface area (Å²) in [7, 11) is 0. The standard InChI is InChI=1S/C10H8N4O3S/c15-8(14-10-13-3-4-18-10)6-17-9(16)7-5-11-1-2-12-7/h1-5H,6H2,(H,13,14,15). The summed E-state index contributed by atoms with van der Waals surface area (Å²) >= 11 is 1.28.